The van der Waals surface area contributed by atoms with E-state index in [0.717, 1.165) is 11.6 Å². The first-order valence-corrected chi connectivity index (χ1v) is 11.1. The molecule has 3 aromatic rings. The SMILES string of the molecule is O=C(NCCc1ccc(F)c(Br)c1)c1cccc(S(=O)(=O)Nc2ccccc2F)c1. The molecule has 0 spiro atoms. The highest BCUT2D eigenvalue weighted by Crippen LogP contribution is 2.20. The van der Waals surface area contributed by atoms with E-state index >= 15 is 0 Å². The van der Waals surface area contributed by atoms with Gasteiger partial charge < -0.3 is 5.32 Å². The Labute approximate surface area is 181 Å². The largest absolute Gasteiger partial charge is 0.352 e. The Kier molecular flexibility index (Phi) is 6.84. The topological polar surface area (TPSA) is 75.3 Å². The van der Waals surface area contributed by atoms with Crippen LogP contribution in [0.1, 0.15) is 15.9 Å². The molecule has 0 atom stereocenters. The third-order valence-electron chi connectivity index (χ3n) is 4.21. The molecule has 2 N–H and O–H groups in total. The lowest BCUT2D eigenvalue weighted by Gasteiger charge is -2.10. The summed E-state index contributed by atoms with van der Waals surface area (Å²) in [6.07, 6.45) is 0.470. The van der Waals surface area contributed by atoms with Gasteiger partial charge in [0.1, 0.15) is 11.6 Å². The number of carbonyl (C=O) groups excluding carboxylic acids is 1. The van der Waals surface area contributed by atoms with Crippen LogP contribution in [0.5, 0.6) is 0 Å². The van der Waals surface area contributed by atoms with Crippen molar-refractivity contribution >= 4 is 37.5 Å². The minimum Gasteiger partial charge on any atom is -0.352 e. The summed E-state index contributed by atoms with van der Waals surface area (Å²) in [7, 11) is -4.07. The summed E-state index contributed by atoms with van der Waals surface area (Å²) in [6, 6.07) is 15.4. The Bertz CT molecular complexity index is 1190. The van der Waals surface area contributed by atoms with Gasteiger partial charge in [0.05, 0.1) is 15.1 Å². The fraction of sp³-hybridized carbons (Fsp3) is 0.0952. The van der Waals surface area contributed by atoms with Crippen LogP contribution in [0.3, 0.4) is 0 Å². The van der Waals surface area contributed by atoms with E-state index < -0.39 is 21.7 Å². The summed E-state index contributed by atoms with van der Waals surface area (Å²) >= 11 is 3.11. The Morgan fingerprint density at radius 3 is 2.43 bits per heavy atom. The van der Waals surface area contributed by atoms with Crippen molar-refractivity contribution in [2.24, 2.45) is 0 Å². The summed E-state index contributed by atoms with van der Waals surface area (Å²) < 4.78 is 54.6. The molecule has 0 saturated heterocycles. The molecule has 5 nitrogen and oxygen atoms in total. The molecular weight excluding hydrogens is 478 g/mol. The first kappa shape index (κ1) is 21.9. The van der Waals surface area contributed by atoms with Crippen LogP contribution in [-0.2, 0) is 16.4 Å². The van der Waals surface area contributed by atoms with Crippen molar-refractivity contribution in [1.29, 1.82) is 0 Å². The van der Waals surface area contributed by atoms with Gasteiger partial charge in [-0.25, -0.2) is 17.2 Å². The van der Waals surface area contributed by atoms with E-state index in [1.807, 2.05) is 0 Å². The normalized spacial score (nSPS) is 11.2. The number of carbonyl (C=O) groups is 1. The van der Waals surface area contributed by atoms with Crippen LogP contribution in [0.4, 0.5) is 14.5 Å². The van der Waals surface area contributed by atoms with Gasteiger partial charge in [0.2, 0.25) is 0 Å². The molecule has 1 amide bonds. The lowest BCUT2D eigenvalue weighted by Crippen LogP contribution is -2.26. The Balaban J connectivity index is 1.67. The van der Waals surface area contributed by atoms with Crippen LogP contribution in [0.25, 0.3) is 0 Å². The van der Waals surface area contributed by atoms with Gasteiger partial charge in [-0.2, -0.15) is 0 Å². The van der Waals surface area contributed by atoms with E-state index in [1.165, 1.54) is 48.5 Å². The molecule has 0 aliphatic carbocycles. The molecule has 0 aliphatic rings. The van der Waals surface area contributed by atoms with E-state index in [1.54, 1.807) is 12.1 Å². The van der Waals surface area contributed by atoms with Crippen LogP contribution in [0.2, 0.25) is 0 Å². The van der Waals surface area contributed by atoms with E-state index in [2.05, 4.69) is 26.0 Å². The van der Waals surface area contributed by atoms with Crippen molar-refractivity contribution in [2.75, 3.05) is 11.3 Å². The monoisotopic (exact) mass is 494 g/mol. The predicted molar refractivity (Wildman–Crippen MR) is 114 cm³/mol. The highest BCUT2D eigenvalue weighted by atomic mass is 79.9. The number of benzene rings is 3. The van der Waals surface area contributed by atoms with Crippen LogP contribution >= 0.6 is 15.9 Å². The van der Waals surface area contributed by atoms with Gasteiger partial charge in [0.25, 0.3) is 15.9 Å². The summed E-state index contributed by atoms with van der Waals surface area (Å²) in [4.78, 5) is 12.2. The number of halogens is 3. The van der Waals surface area contributed by atoms with Crippen molar-refractivity contribution in [3.8, 4) is 0 Å². The average molecular weight is 495 g/mol. The molecule has 156 valence electrons. The molecule has 0 fully saturated rings. The molecule has 3 aromatic carbocycles. The maximum absolute atomic E-state index is 13.8. The van der Waals surface area contributed by atoms with E-state index in [9.17, 15) is 22.0 Å². The molecule has 30 heavy (non-hydrogen) atoms. The van der Waals surface area contributed by atoms with Gasteiger partial charge in [-0.3, -0.25) is 9.52 Å². The van der Waals surface area contributed by atoms with Crippen LogP contribution in [-0.4, -0.2) is 20.9 Å². The van der Waals surface area contributed by atoms with Crippen molar-refractivity contribution in [2.45, 2.75) is 11.3 Å². The number of sulfonamides is 1. The number of nitrogens with one attached hydrogen (secondary N) is 2. The van der Waals surface area contributed by atoms with Gasteiger partial charge in [0, 0.05) is 12.1 Å². The fourth-order valence-electron chi connectivity index (χ4n) is 2.67. The summed E-state index contributed by atoms with van der Waals surface area (Å²) in [5, 5.41) is 2.70. The zero-order valence-electron chi connectivity index (χ0n) is 15.5. The number of anilines is 1. The lowest BCUT2D eigenvalue weighted by molar-refractivity contribution is 0.0954. The number of amides is 1. The predicted octanol–water partition coefficient (Wildman–Crippen LogP) is 4.50. The highest BCUT2D eigenvalue weighted by Gasteiger charge is 2.18. The zero-order chi connectivity index (χ0) is 21.7. The molecule has 9 heteroatoms. The Hall–Kier alpha value is -2.78. The second-order valence-electron chi connectivity index (χ2n) is 6.37. The Morgan fingerprint density at radius 2 is 1.70 bits per heavy atom. The maximum atomic E-state index is 13.8. The molecule has 3 rings (SSSR count). The zero-order valence-corrected chi connectivity index (χ0v) is 17.9. The van der Waals surface area contributed by atoms with Crippen LogP contribution in [0.15, 0.2) is 76.1 Å². The van der Waals surface area contributed by atoms with Crippen molar-refractivity contribution in [3.05, 3.63) is 94.0 Å². The van der Waals surface area contributed by atoms with Gasteiger partial charge in [-0.05, 0) is 70.4 Å². The Morgan fingerprint density at radius 1 is 0.933 bits per heavy atom. The minimum atomic E-state index is -4.07. The molecule has 0 radical (unpaired) electrons. The van der Waals surface area contributed by atoms with Crippen LogP contribution < -0.4 is 10.0 Å². The quantitative estimate of drug-likeness (QED) is 0.507. The van der Waals surface area contributed by atoms with E-state index in [4.69, 9.17) is 0 Å². The number of rotatable bonds is 7. The summed E-state index contributed by atoms with van der Waals surface area (Å²) in [6.45, 7) is 0.279. The average Bonchev–Trinajstić information content (AvgIpc) is 2.72. The molecular formula is C21H17BrF2N2O3S. The molecule has 0 aliphatic heterocycles. The molecule has 0 aromatic heterocycles. The van der Waals surface area contributed by atoms with E-state index in [-0.39, 0.29) is 28.5 Å². The van der Waals surface area contributed by atoms with Crippen LogP contribution in [0, 0.1) is 11.6 Å². The van der Waals surface area contributed by atoms with Crippen molar-refractivity contribution in [3.63, 3.8) is 0 Å². The number of hydrogen-bond acceptors (Lipinski definition) is 3. The smallest absolute Gasteiger partial charge is 0.262 e. The second kappa shape index (κ2) is 9.36. The third kappa shape index (κ3) is 5.43. The first-order valence-electron chi connectivity index (χ1n) is 8.86. The lowest BCUT2D eigenvalue weighted by atomic mass is 10.1. The number of para-hydroxylation sites is 1. The first-order chi connectivity index (χ1) is 14.3. The van der Waals surface area contributed by atoms with Gasteiger partial charge in [0.15, 0.2) is 0 Å². The summed E-state index contributed by atoms with van der Waals surface area (Å²) in [5.41, 5.74) is 0.790. The standard InChI is InChI=1S/C21H17BrF2N2O3S/c22-17-12-14(8-9-18(17)23)10-11-25-21(27)15-4-3-5-16(13-15)30(28,29)26-20-7-2-1-6-19(20)24/h1-9,12-13,26H,10-11H2,(H,25,27). The molecule has 0 saturated carbocycles. The molecule has 0 bridgehead atoms. The molecule has 0 unspecified atom stereocenters. The number of hydrogen-bond donors (Lipinski definition) is 2. The highest BCUT2D eigenvalue weighted by molar-refractivity contribution is 9.10. The van der Waals surface area contributed by atoms with Gasteiger partial charge >= 0.3 is 0 Å². The fourth-order valence-corrected chi connectivity index (χ4v) is 4.21. The van der Waals surface area contributed by atoms with Gasteiger partial charge in [-0.15, -0.1) is 0 Å². The molecule has 0 heterocycles. The second-order valence-corrected chi connectivity index (χ2v) is 8.90. The minimum absolute atomic E-state index is 0.145. The summed E-state index contributed by atoms with van der Waals surface area (Å²) in [5.74, 6) is -1.54. The van der Waals surface area contributed by atoms with Crippen molar-refractivity contribution < 1.29 is 22.0 Å². The van der Waals surface area contributed by atoms with Crippen molar-refractivity contribution in [1.82, 2.24) is 5.32 Å². The third-order valence-corrected chi connectivity index (χ3v) is 6.18. The van der Waals surface area contributed by atoms with Gasteiger partial charge in [-0.1, -0.05) is 24.3 Å². The van der Waals surface area contributed by atoms with E-state index in [0.29, 0.717) is 10.9 Å². The maximum Gasteiger partial charge on any atom is 0.262 e.